The number of hydrogen-bond donors (Lipinski definition) is 1. The van der Waals surface area contributed by atoms with Gasteiger partial charge < -0.3 is 9.84 Å². The van der Waals surface area contributed by atoms with Crippen LogP contribution < -0.4 is 0 Å². The van der Waals surface area contributed by atoms with Gasteiger partial charge in [-0.25, -0.2) is 9.59 Å². The lowest BCUT2D eigenvalue weighted by atomic mass is 10.2. The molecule has 0 spiro atoms. The predicted octanol–water partition coefficient (Wildman–Crippen LogP) is 2.12. The van der Waals surface area contributed by atoms with Crippen LogP contribution in [0.3, 0.4) is 0 Å². The molecule has 0 fully saturated rings. The maximum atomic E-state index is 10.2. The highest BCUT2D eigenvalue weighted by molar-refractivity contribution is 5.87. The number of carboxylic acid groups (broad SMARTS) is 1. The summed E-state index contributed by atoms with van der Waals surface area (Å²) in [5, 5.41) is 8.38. The lowest BCUT2D eigenvalue weighted by Crippen LogP contribution is -1.98. The van der Waals surface area contributed by atoms with Crippen molar-refractivity contribution in [1.29, 1.82) is 0 Å². The van der Waals surface area contributed by atoms with Crippen molar-refractivity contribution in [2.24, 2.45) is 0 Å². The molecule has 0 heterocycles. The van der Waals surface area contributed by atoms with Gasteiger partial charge in [0, 0.05) is 5.57 Å². The Hall–Kier alpha value is -2.10. The Morgan fingerprint density at radius 3 is 1.94 bits per heavy atom. The summed E-state index contributed by atoms with van der Waals surface area (Å²) >= 11 is 0. The molecule has 0 aromatic heterocycles. The maximum Gasteiger partial charge on any atom is 0.335 e. The van der Waals surface area contributed by atoms with Crippen LogP contribution in [-0.2, 0) is 9.53 Å². The van der Waals surface area contributed by atoms with Gasteiger partial charge in [-0.15, -0.1) is 0 Å². The fourth-order valence-electron chi connectivity index (χ4n) is 0.755. The smallest absolute Gasteiger partial charge is 0.335 e. The summed E-state index contributed by atoms with van der Waals surface area (Å²) in [6.45, 7) is 4.95. The number of aromatic carboxylic acids is 1. The minimum absolute atomic E-state index is 0.331. The molecule has 1 N–H and O–H groups in total. The van der Waals surface area contributed by atoms with Gasteiger partial charge in [-0.2, -0.15) is 0 Å². The van der Waals surface area contributed by atoms with Crippen LogP contribution in [0.2, 0.25) is 0 Å². The molecule has 1 aromatic rings. The number of carbonyl (C=O) groups is 2. The molecule has 86 valence electrons. The number of rotatable bonds is 2. The van der Waals surface area contributed by atoms with Gasteiger partial charge in [0.1, 0.15) is 0 Å². The first-order chi connectivity index (χ1) is 7.49. The fourth-order valence-corrected chi connectivity index (χ4v) is 0.755. The minimum Gasteiger partial charge on any atom is -0.478 e. The molecule has 1 rings (SSSR count). The zero-order valence-electron chi connectivity index (χ0n) is 9.27. The summed E-state index contributed by atoms with van der Waals surface area (Å²) in [6.07, 6.45) is 0. The van der Waals surface area contributed by atoms with Crippen molar-refractivity contribution in [1.82, 2.24) is 0 Å². The average molecular weight is 222 g/mol. The van der Waals surface area contributed by atoms with Gasteiger partial charge in [-0.1, -0.05) is 24.8 Å². The zero-order valence-corrected chi connectivity index (χ0v) is 9.27. The first-order valence-corrected chi connectivity index (χ1v) is 4.51. The largest absolute Gasteiger partial charge is 0.478 e. The van der Waals surface area contributed by atoms with E-state index in [9.17, 15) is 9.59 Å². The maximum absolute atomic E-state index is 10.2. The van der Waals surface area contributed by atoms with Crippen molar-refractivity contribution in [3.05, 3.63) is 48.0 Å². The second-order valence-corrected chi connectivity index (χ2v) is 2.94. The molecule has 0 unspecified atom stereocenters. The highest BCUT2D eigenvalue weighted by atomic mass is 16.5. The van der Waals surface area contributed by atoms with Crippen molar-refractivity contribution in [2.45, 2.75) is 6.92 Å². The lowest BCUT2D eigenvalue weighted by molar-refractivity contribution is -0.136. The summed E-state index contributed by atoms with van der Waals surface area (Å²) in [4.78, 5) is 20.4. The molecule has 4 heteroatoms. The molecule has 0 atom stereocenters. The Morgan fingerprint density at radius 2 is 1.75 bits per heavy atom. The molecule has 0 amide bonds. The topological polar surface area (TPSA) is 63.6 Å². The number of esters is 1. The molecule has 0 saturated heterocycles. The van der Waals surface area contributed by atoms with Crippen molar-refractivity contribution in [3.63, 3.8) is 0 Å². The minimum atomic E-state index is -0.879. The van der Waals surface area contributed by atoms with Gasteiger partial charge in [0.2, 0.25) is 0 Å². The molecule has 0 aliphatic carbocycles. The molecule has 0 aliphatic rings. The van der Waals surface area contributed by atoms with Crippen LogP contribution in [0, 0.1) is 0 Å². The van der Waals surface area contributed by atoms with Crippen LogP contribution in [0.1, 0.15) is 17.3 Å². The van der Waals surface area contributed by atoms with E-state index < -0.39 is 5.97 Å². The van der Waals surface area contributed by atoms with Gasteiger partial charge in [-0.05, 0) is 19.1 Å². The van der Waals surface area contributed by atoms with Crippen molar-refractivity contribution in [3.8, 4) is 0 Å². The monoisotopic (exact) mass is 222 g/mol. The molecule has 4 nitrogen and oxygen atoms in total. The van der Waals surface area contributed by atoms with Crippen LogP contribution in [0.25, 0.3) is 0 Å². The third-order valence-electron chi connectivity index (χ3n) is 1.55. The number of hydrogen-bond acceptors (Lipinski definition) is 3. The third-order valence-corrected chi connectivity index (χ3v) is 1.55. The molecule has 1 aromatic carbocycles. The van der Waals surface area contributed by atoms with Gasteiger partial charge in [0.15, 0.2) is 0 Å². The van der Waals surface area contributed by atoms with Crippen molar-refractivity contribution >= 4 is 11.9 Å². The van der Waals surface area contributed by atoms with E-state index in [4.69, 9.17) is 5.11 Å². The zero-order chi connectivity index (χ0) is 12.6. The van der Waals surface area contributed by atoms with E-state index in [0.717, 1.165) is 0 Å². The molecular formula is C12H14O4. The lowest BCUT2D eigenvalue weighted by Gasteiger charge is -1.91. The van der Waals surface area contributed by atoms with Crippen molar-refractivity contribution in [2.75, 3.05) is 7.11 Å². The quantitative estimate of drug-likeness (QED) is 0.615. The second kappa shape index (κ2) is 7.23. The average Bonchev–Trinajstić information content (AvgIpc) is 2.29. The van der Waals surface area contributed by atoms with Gasteiger partial charge in [0.25, 0.3) is 0 Å². The number of ether oxygens (including phenoxy) is 1. The van der Waals surface area contributed by atoms with Crippen LogP contribution in [0.5, 0.6) is 0 Å². The van der Waals surface area contributed by atoms with E-state index in [1.807, 2.05) is 0 Å². The van der Waals surface area contributed by atoms with Crippen molar-refractivity contribution < 1.29 is 19.4 Å². The number of carboxylic acids is 1. The second-order valence-electron chi connectivity index (χ2n) is 2.94. The van der Waals surface area contributed by atoms with Gasteiger partial charge >= 0.3 is 11.9 Å². The van der Waals surface area contributed by atoms with E-state index in [1.165, 1.54) is 7.11 Å². The molecule has 0 aliphatic heterocycles. The summed E-state index contributed by atoms with van der Waals surface area (Å²) in [5.74, 6) is -1.23. The molecule has 0 saturated carbocycles. The van der Waals surface area contributed by atoms with E-state index in [-0.39, 0.29) is 5.97 Å². The van der Waals surface area contributed by atoms with Crippen LogP contribution >= 0.6 is 0 Å². The number of benzene rings is 1. The first kappa shape index (κ1) is 13.9. The van der Waals surface area contributed by atoms with E-state index in [0.29, 0.717) is 11.1 Å². The highest BCUT2D eigenvalue weighted by Crippen LogP contribution is 1.96. The Bertz CT molecular complexity index is 368. The normalized spacial score (nSPS) is 8.38. The number of methoxy groups -OCH3 is 1. The molecule has 16 heavy (non-hydrogen) atoms. The van der Waals surface area contributed by atoms with E-state index >= 15 is 0 Å². The summed E-state index contributed by atoms with van der Waals surface area (Å²) in [5.41, 5.74) is 0.764. The molecule has 0 bridgehead atoms. The Balaban J connectivity index is 0.000000293. The summed E-state index contributed by atoms with van der Waals surface area (Å²) in [7, 11) is 1.33. The van der Waals surface area contributed by atoms with Crippen LogP contribution in [-0.4, -0.2) is 24.2 Å². The number of carbonyl (C=O) groups excluding carboxylic acids is 1. The fraction of sp³-hybridized carbons (Fsp3) is 0.167. The first-order valence-electron chi connectivity index (χ1n) is 4.51. The van der Waals surface area contributed by atoms with Gasteiger partial charge in [0.05, 0.1) is 12.7 Å². The standard InChI is InChI=1S/C7H6O2.C5H8O2/c8-7(9)6-4-2-1-3-5-6;1-4(2)5(6)7-3/h1-5H,(H,8,9);1H2,2-3H3. The van der Waals surface area contributed by atoms with E-state index in [1.54, 1.807) is 37.3 Å². The van der Waals surface area contributed by atoms with Crippen LogP contribution in [0.15, 0.2) is 42.5 Å². The SMILES string of the molecule is C=C(C)C(=O)OC.O=C(O)c1ccccc1. The molecular weight excluding hydrogens is 208 g/mol. The van der Waals surface area contributed by atoms with Crippen LogP contribution in [0.4, 0.5) is 0 Å². The highest BCUT2D eigenvalue weighted by Gasteiger charge is 1.96. The summed E-state index contributed by atoms with van der Waals surface area (Å²) in [6, 6.07) is 8.30. The Labute approximate surface area is 94.2 Å². The molecule has 0 radical (unpaired) electrons. The summed E-state index contributed by atoms with van der Waals surface area (Å²) < 4.78 is 4.27. The third kappa shape index (κ3) is 5.59. The van der Waals surface area contributed by atoms with Gasteiger partial charge in [-0.3, -0.25) is 0 Å². The van der Waals surface area contributed by atoms with E-state index in [2.05, 4.69) is 11.3 Å². The Kier molecular flexibility index (Phi) is 6.28. The predicted molar refractivity (Wildman–Crippen MR) is 60.2 cm³/mol. The Morgan fingerprint density at radius 1 is 1.25 bits per heavy atom.